The number of sulfonamides is 1. The van der Waals surface area contributed by atoms with Crippen LogP contribution in [0.1, 0.15) is 32.3 Å². The molecule has 0 bridgehead atoms. The molecular formula is C15H23N3O4S. The summed E-state index contributed by atoms with van der Waals surface area (Å²) < 4.78 is 30.1. The average molecular weight is 341 g/mol. The van der Waals surface area contributed by atoms with E-state index in [-0.39, 0.29) is 12.0 Å². The second-order valence-electron chi connectivity index (χ2n) is 5.92. The third kappa shape index (κ3) is 4.90. The van der Waals surface area contributed by atoms with Crippen LogP contribution in [0.15, 0.2) is 18.3 Å². The lowest BCUT2D eigenvalue weighted by atomic mass is 10.2. The number of carbonyl (C=O) groups is 1. The van der Waals surface area contributed by atoms with Crippen molar-refractivity contribution in [1.29, 1.82) is 0 Å². The second-order valence-corrected chi connectivity index (χ2v) is 7.86. The molecule has 1 saturated heterocycles. The Balaban J connectivity index is 1.91. The topological polar surface area (TPSA) is 88.6 Å². The molecule has 1 amide bonds. The van der Waals surface area contributed by atoms with Crippen LogP contribution in [-0.4, -0.2) is 48.6 Å². The second kappa shape index (κ2) is 7.27. The average Bonchev–Trinajstić information content (AvgIpc) is 2.95. The van der Waals surface area contributed by atoms with Crippen molar-refractivity contribution < 1.29 is 17.9 Å². The first-order chi connectivity index (χ1) is 10.8. The fourth-order valence-electron chi connectivity index (χ4n) is 2.53. The van der Waals surface area contributed by atoms with Crippen molar-refractivity contribution >= 4 is 15.9 Å². The van der Waals surface area contributed by atoms with Gasteiger partial charge in [0.15, 0.2) is 0 Å². The zero-order valence-electron chi connectivity index (χ0n) is 13.7. The van der Waals surface area contributed by atoms with Crippen LogP contribution < -0.4 is 10.1 Å². The van der Waals surface area contributed by atoms with Gasteiger partial charge in [-0.2, -0.15) is 4.31 Å². The number of carbonyl (C=O) groups excluding carboxylic acids is 1. The first-order valence-corrected chi connectivity index (χ1v) is 9.48. The van der Waals surface area contributed by atoms with Gasteiger partial charge in [-0.1, -0.05) is 6.07 Å². The van der Waals surface area contributed by atoms with E-state index in [1.54, 1.807) is 12.3 Å². The van der Waals surface area contributed by atoms with E-state index in [0.29, 0.717) is 31.8 Å². The van der Waals surface area contributed by atoms with Crippen LogP contribution in [0.4, 0.5) is 0 Å². The third-order valence-corrected chi connectivity index (χ3v) is 4.84. The number of pyridine rings is 1. The summed E-state index contributed by atoms with van der Waals surface area (Å²) in [6.45, 7) is 4.55. The summed E-state index contributed by atoms with van der Waals surface area (Å²) in [5.41, 5.74) is 0.832. The zero-order chi connectivity index (χ0) is 17.0. The fraction of sp³-hybridized carbons (Fsp3) is 0.600. The van der Waals surface area contributed by atoms with Crippen LogP contribution >= 0.6 is 0 Å². The monoisotopic (exact) mass is 341 g/mol. The minimum Gasteiger partial charge on any atom is -0.475 e. The number of nitrogens with zero attached hydrogens (tertiary/aromatic N) is 2. The smallest absolute Gasteiger partial charge is 0.238 e. The maximum atomic E-state index is 12.2. The van der Waals surface area contributed by atoms with Crippen LogP contribution in [0.2, 0.25) is 0 Å². The van der Waals surface area contributed by atoms with Crippen molar-refractivity contribution in [2.45, 2.75) is 45.4 Å². The Labute approximate surface area is 137 Å². The first kappa shape index (κ1) is 17.7. The minimum atomic E-state index is -3.35. The molecule has 1 N–H and O–H groups in total. The molecule has 0 radical (unpaired) electrons. The van der Waals surface area contributed by atoms with E-state index in [1.807, 2.05) is 19.9 Å². The highest BCUT2D eigenvalue weighted by Gasteiger charge is 2.36. The Morgan fingerprint density at radius 3 is 2.78 bits per heavy atom. The minimum absolute atomic E-state index is 0.0531. The number of rotatable bonds is 6. The van der Waals surface area contributed by atoms with Gasteiger partial charge in [-0.15, -0.1) is 0 Å². The predicted octanol–water partition coefficient (Wildman–Crippen LogP) is 0.909. The Hall–Kier alpha value is -1.67. The summed E-state index contributed by atoms with van der Waals surface area (Å²) in [7, 11) is -3.35. The Morgan fingerprint density at radius 1 is 1.48 bits per heavy atom. The quantitative estimate of drug-likeness (QED) is 0.831. The van der Waals surface area contributed by atoms with E-state index >= 15 is 0 Å². The van der Waals surface area contributed by atoms with E-state index in [2.05, 4.69) is 10.3 Å². The van der Waals surface area contributed by atoms with Crippen molar-refractivity contribution in [3.05, 3.63) is 23.9 Å². The number of amides is 1. The van der Waals surface area contributed by atoms with Crippen LogP contribution in [0.3, 0.4) is 0 Å². The van der Waals surface area contributed by atoms with Gasteiger partial charge in [-0.25, -0.2) is 13.4 Å². The van der Waals surface area contributed by atoms with E-state index < -0.39 is 16.1 Å². The molecule has 0 aliphatic carbocycles. The van der Waals surface area contributed by atoms with Crippen LogP contribution in [0.25, 0.3) is 0 Å². The van der Waals surface area contributed by atoms with Gasteiger partial charge in [0.1, 0.15) is 6.04 Å². The van der Waals surface area contributed by atoms with Crippen LogP contribution in [-0.2, 0) is 21.4 Å². The van der Waals surface area contributed by atoms with E-state index in [9.17, 15) is 13.2 Å². The van der Waals surface area contributed by atoms with Gasteiger partial charge in [-0.05, 0) is 32.3 Å². The summed E-state index contributed by atoms with van der Waals surface area (Å²) in [6, 6.07) is 2.97. The molecule has 8 heteroatoms. The van der Waals surface area contributed by atoms with Crippen molar-refractivity contribution in [1.82, 2.24) is 14.6 Å². The van der Waals surface area contributed by atoms with Crippen LogP contribution in [0.5, 0.6) is 5.88 Å². The van der Waals surface area contributed by atoms with Crippen molar-refractivity contribution in [2.24, 2.45) is 0 Å². The normalized spacial score (nSPS) is 19.0. The van der Waals surface area contributed by atoms with Gasteiger partial charge in [0.05, 0.1) is 12.4 Å². The van der Waals surface area contributed by atoms with E-state index in [0.717, 1.165) is 11.8 Å². The Bertz CT molecular complexity index is 643. The molecule has 1 fully saturated rings. The third-order valence-electron chi connectivity index (χ3n) is 3.55. The van der Waals surface area contributed by atoms with Gasteiger partial charge in [0.2, 0.25) is 21.8 Å². The highest BCUT2D eigenvalue weighted by Crippen LogP contribution is 2.20. The number of ether oxygens (including phenoxy) is 1. The van der Waals surface area contributed by atoms with E-state index in [4.69, 9.17) is 4.74 Å². The largest absolute Gasteiger partial charge is 0.475 e. The summed E-state index contributed by atoms with van der Waals surface area (Å²) in [6.07, 6.45) is 4.08. The van der Waals surface area contributed by atoms with Crippen molar-refractivity contribution in [3.63, 3.8) is 0 Å². The maximum Gasteiger partial charge on any atom is 0.238 e. The number of nitrogens with one attached hydrogen (secondary N) is 1. The first-order valence-electron chi connectivity index (χ1n) is 7.63. The molecule has 0 aromatic carbocycles. The lowest BCUT2D eigenvalue weighted by Gasteiger charge is -2.21. The summed E-state index contributed by atoms with van der Waals surface area (Å²) in [4.78, 5) is 16.4. The Morgan fingerprint density at radius 2 is 2.22 bits per heavy atom. The number of aromatic nitrogens is 1. The molecule has 128 valence electrons. The van der Waals surface area contributed by atoms with Crippen LogP contribution in [0, 0.1) is 0 Å². The molecule has 23 heavy (non-hydrogen) atoms. The van der Waals surface area contributed by atoms with Gasteiger partial charge in [0.25, 0.3) is 0 Å². The van der Waals surface area contributed by atoms with Crippen molar-refractivity contribution in [2.75, 3.05) is 12.8 Å². The lowest BCUT2D eigenvalue weighted by molar-refractivity contribution is -0.124. The van der Waals surface area contributed by atoms with Gasteiger partial charge < -0.3 is 10.1 Å². The summed E-state index contributed by atoms with van der Waals surface area (Å²) in [5.74, 6) is 0.268. The highest BCUT2D eigenvalue weighted by molar-refractivity contribution is 7.88. The molecule has 7 nitrogen and oxygen atoms in total. The molecule has 1 aliphatic heterocycles. The SMILES string of the molecule is CC(C)Oc1ccc(CNC(=O)C2CCCN2S(C)(=O)=O)cn1. The number of hydrogen-bond acceptors (Lipinski definition) is 5. The molecular weight excluding hydrogens is 318 g/mol. The van der Waals surface area contributed by atoms with Gasteiger partial charge >= 0.3 is 0 Å². The van der Waals surface area contributed by atoms with Gasteiger partial charge in [0, 0.05) is 25.4 Å². The predicted molar refractivity (Wildman–Crippen MR) is 86.4 cm³/mol. The molecule has 0 spiro atoms. The summed E-state index contributed by atoms with van der Waals surface area (Å²) >= 11 is 0. The molecule has 0 saturated carbocycles. The standard InChI is InChI=1S/C15H23N3O4S/c1-11(2)22-14-7-6-12(9-16-14)10-17-15(19)13-5-4-8-18(13)23(3,20)21/h6-7,9,11,13H,4-5,8,10H2,1-3H3,(H,17,19). The molecule has 1 unspecified atom stereocenters. The molecule has 1 atom stereocenters. The highest BCUT2D eigenvalue weighted by atomic mass is 32.2. The van der Waals surface area contributed by atoms with E-state index in [1.165, 1.54) is 4.31 Å². The Kier molecular flexibility index (Phi) is 5.59. The maximum absolute atomic E-state index is 12.2. The fourth-order valence-corrected chi connectivity index (χ4v) is 3.66. The molecule has 2 heterocycles. The molecule has 1 aromatic heterocycles. The number of hydrogen-bond donors (Lipinski definition) is 1. The summed E-state index contributed by atoms with van der Waals surface area (Å²) in [5, 5.41) is 2.78. The zero-order valence-corrected chi connectivity index (χ0v) is 14.5. The molecule has 1 aromatic rings. The van der Waals surface area contributed by atoms with Crippen molar-refractivity contribution in [3.8, 4) is 5.88 Å². The molecule has 2 rings (SSSR count). The molecule has 1 aliphatic rings. The van der Waals surface area contributed by atoms with Gasteiger partial charge in [-0.3, -0.25) is 4.79 Å². The lowest BCUT2D eigenvalue weighted by Crippen LogP contribution is -2.45.